The number of aromatic nitrogens is 2. The van der Waals surface area contributed by atoms with Crippen molar-refractivity contribution in [1.29, 1.82) is 0 Å². The van der Waals surface area contributed by atoms with Crippen molar-refractivity contribution in [3.8, 4) is 0 Å². The van der Waals surface area contributed by atoms with Gasteiger partial charge in [0.15, 0.2) is 0 Å². The van der Waals surface area contributed by atoms with Gasteiger partial charge in [-0.25, -0.2) is 9.97 Å². The monoisotopic (exact) mass is 422 g/mol. The van der Waals surface area contributed by atoms with Crippen LogP contribution >= 0.6 is 0 Å². The van der Waals surface area contributed by atoms with Gasteiger partial charge in [-0.3, -0.25) is 9.69 Å². The van der Waals surface area contributed by atoms with Crippen LogP contribution in [0.15, 0.2) is 47.3 Å². The van der Waals surface area contributed by atoms with Gasteiger partial charge in [0.1, 0.15) is 17.9 Å². The minimum absolute atomic E-state index is 0.0274. The number of benzene rings is 1. The molecule has 4 rings (SSSR count). The molecule has 8 heteroatoms. The molecule has 0 spiro atoms. The molecule has 1 aromatic carbocycles. The average molecular weight is 423 g/mol. The summed E-state index contributed by atoms with van der Waals surface area (Å²) in [5.74, 6) is 1.73. The highest BCUT2D eigenvalue weighted by Gasteiger charge is 2.23. The summed E-state index contributed by atoms with van der Waals surface area (Å²) in [5.41, 5.74) is 1.56. The van der Waals surface area contributed by atoms with Crippen molar-refractivity contribution in [2.75, 3.05) is 58.7 Å². The lowest BCUT2D eigenvalue weighted by atomic mass is 10.2. The highest BCUT2D eigenvalue weighted by atomic mass is 16.3. The summed E-state index contributed by atoms with van der Waals surface area (Å²) < 4.78 is 5.04. The zero-order chi connectivity index (χ0) is 21.6. The summed E-state index contributed by atoms with van der Waals surface area (Å²) in [4.78, 5) is 28.5. The van der Waals surface area contributed by atoms with E-state index in [4.69, 9.17) is 14.4 Å². The third kappa shape index (κ3) is 5.39. The van der Waals surface area contributed by atoms with Gasteiger partial charge in [-0.1, -0.05) is 12.1 Å². The van der Waals surface area contributed by atoms with Crippen LogP contribution in [0.1, 0.15) is 22.6 Å². The maximum atomic E-state index is 12.5. The number of hydrogen-bond acceptors (Lipinski definition) is 7. The molecule has 1 amide bonds. The van der Waals surface area contributed by atoms with Crippen LogP contribution < -0.4 is 5.32 Å². The Hall–Kier alpha value is -2.97. The minimum atomic E-state index is 0.0274. The largest absolute Gasteiger partial charge is 0.472 e. The van der Waals surface area contributed by atoms with Crippen LogP contribution in [0.25, 0.3) is 10.9 Å². The Morgan fingerprint density at radius 3 is 2.68 bits per heavy atom. The molecule has 3 aromatic rings. The van der Waals surface area contributed by atoms with E-state index < -0.39 is 0 Å². The van der Waals surface area contributed by atoms with Crippen LogP contribution in [-0.2, 0) is 6.54 Å². The molecule has 1 saturated heterocycles. The van der Waals surface area contributed by atoms with Gasteiger partial charge < -0.3 is 19.5 Å². The molecule has 1 N–H and O–H groups in total. The van der Waals surface area contributed by atoms with E-state index in [1.54, 1.807) is 6.07 Å². The molecule has 0 saturated carbocycles. The molecule has 0 unspecified atom stereocenters. The number of amides is 1. The lowest BCUT2D eigenvalue weighted by Crippen LogP contribution is -2.48. The second-order valence-electron chi connectivity index (χ2n) is 8.17. The maximum absolute atomic E-state index is 12.5. The summed E-state index contributed by atoms with van der Waals surface area (Å²) in [7, 11) is 4.17. The van der Waals surface area contributed by atoms with Crippen LogP contribution in [0.2, 0.25) is 0 Å². The lowest BCUT2D eigenvalue weighted by molar-refractivity contribution is 0.0625. The second kappa shape index (κ2) is 9.89. The van der Waals surface area contributed by atoms with Gasteiger partial charge in [-0.05, 0) is 45.3 Å². The summed E-state index contributed by atoms with van der Waals surface area (Å²) in [6.45, 7) is 5.54. The van der Waals surface area contributed by atoms with E-state index >= 15 is 0 Å². The number of carbonyl (C=O) groups excluding carboxylic acids is 1. The molecule has 2 aromatic heterocycles. The van der Waals surface area contributed by atoms with Gasteiger partial charge in [-0.15, -0.1) is 0 Å². The molecule has 0 bridgehead atoms. The summed E-state index contributed by atoms with van der Waals surface area (Å²) in [6.07, 6.45) is 4.09. The van der Waals surface area contributed by atoms with Crippen molar-refractivity contribution in [3.63, 3.8) is 0 Å². The Morgan fingerprint density at radius 2 is 1.94 bits per heavy atom. The number of rotatable bonds is 8. The Morgan fingerprint density at radius 1 is 1.13 bits per heavy atom. The Balaban J connectivity index is 1.39. The summed E-state index contributed by atoms with van der Waals surface area (Å²) >= 11 is 0. The SMILES string of the molecule is CN(C)CCCNc1nc(CN2CCN(C(=O)c3ccoc3)CC2)nc2ccccc12. The van der Waals surface area contributed by atoms with Gasteiger partial charge >= 0.3 is 0 Å². The first-order valence-corrected chi connectivity index (χ1v) is 10.8. The van der Waals surface area contributed by atoms with Gasteiger partial charge in [0.25, 0.3) is 5.91 Å². The van der Waals surface area contributed by atoms with Gasteiger partial charge in [0.2, 0.25) is 0 Å². The number of carbonyl (C=O) groups is 1. The molecule has 0 radical (unpaired) electrons. The van der Waals surface area contributed by atoms with Crippen molar-refractivity contribution in [1.82, 2.24) is 24.7 Å². The fourth-order valence-electron chi connectivity index (χ4n) is 3.81. The quantitative estimate of drug-likeness (QED) is 0.559. The van der Waals surface area contributed by atoms with Gasteiger partial charge in [0.05, 0.1) is 23.9 Å². The first-order chi connectivity index (χ1) is 15.1. The van der Waals surface area contributed by atoms with E-state index in [0.29, 0.717) is 25.2 Å². The van der Waals surface area contributed by atoms with Crippen LogP contribution in [-0.4, -0.2) is 83.9 Å². The van der Waals surface area contributed by atoms with Crippen molar-refractivity contribution < 1.29 is 9.21 Å². The molecule has 0 aliphatic carbocycles. The second-order valence-corrected chi connectivity index (χ2v) is 8.17. The fourth-order valence-corrected chi connectivity index (χ4v) is 3.81. The third-order valence-corrected chi connectivity index (χ3v) is 5.52. The number of anilines is 1. The Bertz CT molecular complexity index is 996. The topological polar surface area (TPSA) is 77.7 Å². The number of fused-ring (bicyclic) bond motifs is 1. The number of para-hydroxylation sites is 1. The molecule has 0 atom stereocenters. The van der Waals surface area contributed by atoms with E-state index in [2.05, 4.69) is 35.3 Å². The first-order valence-electron chi connectivity index (χ1n) is 10.8. The van der Waals surface area contributed by atoms with E-state index in [0.717, 1.165) is 55.1 Å². The Labute approximate surface area is 182 Å². The molecule has 1 aliphatic heterocycles. The summed E-state index contributed by atoms with van der Waals surface area (Å²) in [5, 5.41) is 4.55. The van der Waals surface area contributed by atoms with E-state index in [9.17, 15) is 4.79 Å². The average Bonchev–Trinajstić information content (AvgIpc) is 3.31. The summed E-state index contributed by atoms with van der Waals surface area (Å²) in [6, 6.07) is 9.84. The molecular weight excluding hydrogens is 392 g/mol. The van der Waals surface area contributed by atoms with Crippen molar-refractivity contribution in [2.45, 2.75) is 13.0 Å². The van der Waals surface area contributed by atoms with E-state index in [1.165, 1.54) is 12.5 Å². The number of hydrogen-bond donors (Lipinski definition) is 1. The fraction of sp³-hybridized carbons (Fsp3) is 0.435. The number of piperazine rings is 1. The zero-order valence-corrected chi connectivity index (χ0v) is 18.3. The van der Waals surface area contributed by atoms with Gasteiger partial charge in [0, 0.05) is 38.1 Å². The normalized spacial score (nSPS) is 15.0. The predicted molar refractivity (Wildman–Crippen MR) is 121 cm³/mol. The van der Waals surface area contributed by atoms with Crippen LogP contribution in [0.5, 0.6) is 0 Å². The lowest BCUT2D eigenvalue weighted by Gasteiger charge is -2.34. The highest BCUT2D eigenvalue weighted by Crippen LogP contribution is 2.21. The highest BCUT2D eigenvalue weighted by molar-refractivity contribution is 5.93. The standard InChI is InChI=1S/C23H30N6O2/c1-27(2)10-5-9-24-22-19-6-3-4-7-20(19)25-21(26-22)16-28-11-13-29(14-12-28)23(30)18-8-15-31-17-18/h3-4,6-8,15,17H,5,9-14,16H2,1-2H3,(H,24,25,26). The Kier molecular flexibility index (Phi) is 6.79. The number of nitrogens with zero attached hydrogens (tertiary/aromatic N) is 5. The molecule has 1 aliphatic rings. The van der Waals surface area contributed by atoms with E-state index in [-0.39, 0.29) is 5.91 Å². The number of nitrogens with one attached hydrogen (secondary N) is 1. The van der Waals surface area contributed by atoms with Crippen LogP contribution in [0.3, 0.4) is 0 Å². The smallest absolute Gasteiger partial charge is 0.257 e. The van der Waals surface area contributed by atoms with E-state index in [1.807, 2.05) is 23.1 Å². The molecule has 1 fully saturated rings. The predicted octanol–water partition coefficient (Wildman–Crippen LogP) is 2.54. The molecular formula is C23H30N6O2. The van der Waals surface area contributed by atoms with Crippen LogP contribution in [0, 0.1) is 0 Å². The first kappa shape index (κ1) is 21.3. The number of furan rings is 1. The minimum Gasteiger partial charge on any atom is -0.472 e. The molecule has 164 valence electrons. The third-order valence-electron chi connectivity index (χ3n) is 5.52. The zero-order valence-electron chi connectivity index (χ0n) is 18.3. The molecule has 31 heavy (non-hydrogen) atoms. The van der Waals surface area contributed by atoms with Crippen molar-refractivity contribution in [3.05, 3.63) is 54.2 Å². The van der Waals surface area contributed by atoms with Crippen molar-refractivity contribution >= 4 is 22.6 Å². The molecule has 3 heterocycles. The van der Waals surface area contributed by atoms with Crippen LogP contribution in [0.4, 0.5) is 5.82 Å². The molecule has 8 nitrogen and oxygen atoms in total. The van der Waals surface area contributed by atoms with Crippen molar-refractivity contribution in [2.24, 2.45) is 0 Å². The maximum Gasteiger partial charge on any atom is 0.257 e. The van der Waals surface area contributed by atoms with Gasteiger partial charge in [-0.2, -0.15) is 0 Å².